The van der Waals surface area contributed by atoms with Crippen LogP contribution < -0.4 is 0 Å². The Kier molecular flexibility index (Phi) is 2.20. The molecule has 0 amide bonds. The van der Waals surface area contributed by atoms with E-state index in [-0.39, 0.29) is 11.5 Å². The van der Waals surface area contributed by atoms with E-state index in [9.17, 15) is 9.18 Å². The van der Waals surface area contributed by atoms with Gasteiger partial charge in [-0.1, -0.05) is 12.1 Å². The predicted molar refractivity (Wildman–Crippen MR) is 42.7 cm³/mol. The summed E-state index contributed by atoms with van der Waals surface area (Å²) < 4.78 is 12.8. The lowest BCUT2D eigenvalue weighted by molar-refractivity contribution is 0.101. The van der Waals surface area contributed by atoms with Crippen LogP contribution in [0.15, 0.2) is 18.2 Å². The van der Waals surface area contributed by atoms with Crippen molar-refractivity contribution in [2.45, 2.75) is 6.92 Å². The Morgan fingerprint density at radius 1 is 1.58 bits per heavy atom. The Balaban J connectivity index is 3.21. The number of nitrogens with zero attached hydrogens (tertiary/aromatic N) is 1. The molecule has 0 unspecified atom stereocenters. The second-order valence-corrected chi connectivity index (χ2v) is 2.33. The third-order valence-corrected chi connectivity index (χ3v) is 1.47. The quantitative estimate of drug-likeness (QED) is 0.460. The fourth-order valence-corrected chi connectivity index (χ4v) is 0.817. The molecule has 0 saturated heterocycles. The highest BCUT2D eigenvalue weighted by Gasteiger charge is 2.04. The molecule has 0 heterocycles. The smallest absolute Gasteiger partial charge is 0.222 e. The van der Waals surface area contributed by atoms with Crippen molar-refractivity contribution in [3.05, 3.63) is 41.0 Å². The number of Topliss-reactive ketones (excluding diaryl/α,β-unsaturated/α-hetero) is 1. The Morgan fingerprint density at radius 3 is 2.67 bits per heavy atom. The van der Waals surface area contributed by atoms with Gasteiger partial charge in [-0.3, -0.25) is 4.79 Å². The minimum Gasteiger partial charge on any atom is -0.295 e. The monoisotopic (exact) mass is 163 g/mol. The molecule has 1 aromatic rings. The molecule has 0 aliphatic rings. The van der Waals surface area contributed by atoms with Gasteiger partial charge in [-0.2, -0.15) is 0 Å². The van der Waals surface area contributed by atoms with Crippen molar-refractivity contribution in [1.29, 1.82) is 0 Å². The van der Waals surface area contributed by atoms with E-state index in [1.807, 2.05) is 0 Å². The zero-order valence-electron chi connectivity index (χ0n) is 6.47. The van der Waals surface area contributed by atoms with Gasteiger partial charge in [0.05, 0.1) is 6.57 Å². The second-order valence-electron chi connectivity index (χ2n) is 2.33. The third-order valence-electron chi connectivity index (χ3n) is 1.47. The summed E-state index contributed by atoms with van der Waals surface area (Å²) in [7, 11) is 0. The Morgan fingerprint density at radius 2 is 2.25 bits per heavy atom. The molecule has 60 valence electrons. The molecular formula is C9H6FNO. The van der Waals surface area contributed by atoms with Crippen LogP contribution in [0.5, 0.6) is 0 Å². The molecule has 2 nitrogen and oxygen atoms in total. The van der Waals surface area contributed by atoms with E-state index in [1.54, 1.807) is 0 Å². The fourth-order valence-electron chi connectivity index (χ4n) is 0.817. The third kappa shape index (κ3) is 1.48. The standard InChI is InChI=1S/C9H6FNO/c1-6(12)7-3-4-9(11-2)8(10)5-7/h3-5H,1H3. The summed E-state index contributed by atoms with van der Waals surface area (Å²) in [4.78, 5) is 13.7. The minimum absolute atomic E-state index is 0.0556. The van der Waals surface area contributed by atoms with Crippen LogP contribution in [0.1, 0.15) is 17.3 Å². The SMILES string of the molecule is [C-]#[N+]c1ccc(C(C)=O)cc1F. The van der Waals surface area contributed by atoms with E-state index >= 15 is 0 Å². The lowest BCUT2D eigenvalue weighted by atomic mass is 10.1. The Hall–Kier alpha value is -1.69. The van der Waals surface area contributed by atoms with E-state index in [4.69, 9.17) is 6.57 Å². The highest BCUT2D eigenvalue weighted by molar-refractivity contribution is 5.94. The average Bonchev–Trinajstić information content (AvgIpc) is 2.04. The van der Waals surface area contributed by atoms with Crippen LogP contribution in [-0.2, 0) is 0 Å². The van der Waals surface area contributed by atoms with Crippen LogP contribution in [0.25, 0.3) is 4.85 Å². The van der Waals surface area contributed by atoms with Crippen molar-refractivity contribution in [3.8, 4) is 0 Å². The van der Waals surface area contributed by atoms with E-state index in [1.165, 1.54) is 19.1 Å². The van der Waals surface area contributed by atoms with Crippen molar-refractivity contribution < 1.29 is 9.18 Å². The van der Waals surface area contributed by atoms with E-state index < -0.39 is 5.82 Å². The van der Waals surface area contributed by atoms with Crippen molar-refractivity contribution in [2.24, 2.45) is 0 Å². The number of hydrogen-bond acceptors (Lipinski definition) is 1. The highest BCUT2D eigenvalue weighted by Crippen LogP contribution is 2.18. The van der Waals surface area contributed by atoms with Crippen molar-refractivity contribution in [2.75, 3.05) is 0 Å². The summed E-state index contributed by atoms with van der Waals surface area (Å²) in [6.45, 7) is 7.92. The number of rotatable bonds is 1. The molecule has 0 atom stereocenters. The topological polar surface area (TPSA) is 21.4 Å². The number of benzene rings is 1. The number of halogens is 1. The summed E-state index contributed by atoms with van der Waals surface area (Å²) >= 11 is 0. The van der Waals surface area contributed by atoms with E-state index in [2.05, 4.69) is 4.85 Å². The molecule has 0 saturated carbocycles. The van der Waals surface area contributed by atoms with Gasteiger partial charge in [-0.05, 0) is 13.0 Å². The van der Waals surface area contributed by atoms with Gasteiger partial charge in [0.1, 0.15) is 5.82 Å². The van der Waals surface area contributed by atoms with E-state index in [0.29, 0.717) is 5.56 Å². The average molecular weight is 163 g/mol. The minimum atomic E-state index is -0.641. The summed E-state index contributed by atoms with van der Waals surface area (Å²) in [5.74, 6) is -0.844. The van der Waals surface area contributed by atoms with Crippen molar-refractivity contribution in [3.63, 3.8) is 0 Å². The summed E-state index contributed by atoms with van der Waals surface area (Å²) in [5, 5.41) is 0. The maximum absolute atomic E-state index is 12.8. The maximum Gasteiger partial charge on any atom is 0.222 e. The molecule has 0 bridgehead atoms. The van der Waals surface area contributed by atoms with Gasteiger partial charge < -0.3 is 0 Å². The molecular weight excluding hydrogens is 157 g/mol. The molecule has 12 heavy (non-hydrogen) atoms. The zero-order chi connectivity index (χ0) is 9.14. The molecule has 0 aliphatic heterocycles. The number of carbonyl (C=O) groups is 1. The molecule has 0 aliphatic carbocycles. The van der Waals surface area contributed by atoms with Gasteiger partial charge in [-0.15, -0.1) is 0 Å². The molecule has 0 spiro atoms. The highest BCUT2D eigenvalue weighted by atomic mass is 19.1. The first kappa shape index (κ1) is 8.41. The van der Waals surface area contributed by atoms with Gasteiger partial charge in [0.25, 0.3) is 0 Å². The fraction of sp³-hybridized carbons (Fsp3) is 0.111. The molecule has 0 fully saturated rings. The summed E-state index contributed by atoms with van der Waals surface area (Å²) in [6.07, 6.45) is 0. The number of carbonyl (C=O) groups excluding carboxylic acids is 1. The Labute approximate surface area is 69.5 Å². The molecule has 3 heteroatoms. The van der Waals surface area contributed by atoms with Crippen molar-refractivity contribution in [1.82, 2.24) is 0 Å². The first-order valence-corrected chi connectivity index (χ1v) is 3.33. The molecule has 0 N–H and O–H groups in total. The zero-order valence-corrected chi connectivity index (χ0v) is 6.47. The number of hydrogen-bond donors (Lipinski definition) is 0. The predicted octanol–water partition coefficient (Wildman–Crippen LogP) is 2.58. The lowest BCUT2D eigenvalue weighted by Gasteiger charge is -1.96. The maximum atomic E-state index is 12.8. The van der Waals surface area contributed by atoms with Crippen LogP contribution in [0.4, 0.5) is 10.1 Å². The molecule has 1 rings (SSSR count). The van der Waals surface area contributed by atoms with Crippen molar-refractivity contribution >= 4 is 11.5 Å². The first-order chi connectivity index (χ1) is 5.65. The lowest BCUT2D eigenvalue weighted by Crippen LogP contribution is -1.91. The second kappa shape index (κ2) is 3.14. The van der Waals surface area contributed by atoms with Crippen LogP contribution in [0, 0.1) is 12.4 Å². The van der Waals surface area contributed by atoms with Gasteiger partial charge in [0.2, 0.25) is 5.69 Å². The molecule has 0 radical (unpaired) electrons. The molecule has 1 aromatic carbocycles. The van der Waals surface area contributed by atoms with Crippen LogP contribution >= 0.6 is 0 Å². The largest absolute Gasteiger partial charge is 0.295 e. The van der Waals surface area contributed by atoms with Crippen LogP contribution in [0.3, 0.4) is 0 Å². The van der Waals surface area contributed by atoms with Crippen LogP contribution in [-0.4, -0.2) is 5.78 Å². The Bertz CT molecular complexity index is 365. The molecule has 0 aromatic heterocycles. The normalized spacial score (nSPS) is 9.08. The van der Waals surface area contributed by atoms with E-state index in [0.717, 1.165) is 6.07 Å². The van der Waals surface area contributed by atoms with Gasteiger partial charge >= 0.3 is 0 Å². The summed E-state index contributed by atoms with van der Waals surface area (Å²) in [5.41, 5.74) is 0.236. The van der Waals surface area contributed by atoms with Gasteiger partial charge in [0.15, 0.2) is 5.78 Å². The van der Waals surface area contributed by atoms with Gasteiger partial charge in [0, 0.05) is 5.56 Å². The van der Waals surface area contributed by atoms with Crippen LogP contribution in [0.2, 0.25) is 0 Å². The summed E-state index contributed by atoms with van der Waals surface area (Å²) in [6, 6.07) is 3.83. The first-order valence-electron chi connectivity index (χ1n) is 3.33. The van der Waals surface area contributed by atoms with Gasteiger partial charge in [-0.25, -0.2) is 9.24 Å². The number of ketones is 1.